The van der Waals surface area contributed by atoms with Gasteiger partial charge in [-0.3, -0.25) is 0 Å². The van der Waals surface area contributed by atoms with E-state index in [0.29, 0.717) is 5.41 Å². The van der Waals surface area contributed by atoms with Crippen molar-refractivity contribution in [3.63, 3.8) is 0 Å². The van der Waals surface area contributed by atoms with Gasteiger partial charge in [0, 0.05) is 5.54 Å². The quantitative estimate of drug-likeness (QED) is 0.720. The Labute approximate surface area is 99.6 Å². The Morgan fingerprint density at radius 3 is 1.81 bits per heavy atom. The summed E-state index contributed by atoms with van der Waals surface area (Å²) in [5, 5.41) is 10.8. The van der Waals surface area contributed by atoms with Crippen molar-refractivity contribution in [2.75, 3.05) is 0 Å². The minimum atomic E-state index is -0.568. The van der Waals surface area contributed by atoms with Crippen molar-refractivity contribution in [2.24, 2.45) is 11.1 Å². The number of rotatable bonds is 1. The van der Waals surface area contributed by atoms with E-state index in [-0.39, 0.29) is 5.54 Å². The third kappa shape index (κ3) is 2.14. The number of hydrogen-bond donors (Lipinski definition) is 2. The first kappa shape index (κ1) is 12.4. The van der Waals surface area contributed by atoms with E-state index in [2.05, 4.69) is 13.8 Å². The lowest BCUT2D eigenvalue weighted by Crippen LogP contribution is -2.63. The molecule has 2 nitrogen and oxygen atoms in total. The summed E-state index contributed by atoms with van der Waals surface area (Å²) in [5.41, 5.74) is 6.09. The van der Waals surface area contributed by atoms with Crippen LogP contribution in [-0.2, 0) is 0 Å². The van der Waals surface area contributed by atoms with Crippen LogP contribution in [0.5, 0.6) is 0 Å². The molecule has 0 bridgehead atoms. The molecule has 0 unspecified atom stereocenters. The van der Waals surface area contributed by atoms with Gasteiger partial charge in [0.15, 0.2) is 0 Å². The molecular weight excluding hydrogens is 198 g/mol. The van der Waals surface area contributed by atoms with E-state index in [9.17, 15) is 5.11 Å². The molecule has 0 radical (unpaired) electrons. The first-order valence-electron chi connectivity index (χ1n) is 6.88. The van der Waals surface area contributed by atoms with Crippen molar-refractivity contribution < 1.29 is 5.11 Å². The average Bonchev–Trinajstić information content (AvgIpc) is 2.24. The molecule has 0 aromatic rings. The van der Waals surface area contributed by atoms with Crippen LogP contribution in [0.4, 0.5) is 0 Å². The molecule has 0 saturated heterocycles. The highest BCUT2D eigenvalue weighted by Crippen LogP contribution is 2.47. The zero-order valence-electron chi connectivity index (χ0n) is 10.9. The van der Waals surface area contributed by atoms with Crippen LogP contribution in [0.15, 0.2) is 0 Å². The fourth-order valence-electron chi connectivity index (χ4n) is 3.47. The standard InChI is InChI=1S/C14H27NO/c1-12(2)8-10-13(15,11-9-12)14(16)6-4-3-5-7-14/h16H,3-11,15H2,1-2H3. The van der Waals surface area contributed by atoms with Gasteiger partial charge in [0.25, 0.3) is 0 Å². The number of nitrogens with two attached hydrogens (primary N) is 1. The van der Waals surface area contributed by atoms with Crippen LogP contribution in [0.25, 0.3) is 0 Å². The zero-order chi connectivity index (χ0) is 11.9. The molecule has 2 saturated carbocycles. The van der Waals surface area contributed by atoms with Gasteiger partial charge in [0.05, 0.1) is 5.60 Å². The van der Waals surface area contributed by atoms with E-state index in [1.165, 1.54) is 6.42 Å². The predicted octanol–water partition coefficient (Wildman–Crippen LogP) is 2.98. The Morgan fingerprint density at radius 2 is 1.31 bits per heavy atom. The maximum Gasteiger partial charge on any atom is 0.0826 e. The molecule has 0 atom stereocenters. The third-order valence-electron chi connectivity index (χ3n) is 5.10. The lowest BCUT2D eigenvalue weighted by Gasteiger charge is -2.52. The Kier molecular flexibility index (Phi) is 3.09. The summed E-state index contributed by atoms with van der Waals surface area (Å²) in [7, 11) is 0. The van der Waals surface area contributed by atoms with Crippen LogP contribution >= 0.6 is 0 Å². The molecule has 2 aliphatic rings. The highest BCUT2D eigenvalue weighted by Gasteiger charge is 2.50. The summed E-state index contributed by atoms with van der Waals surface area (Å²) < 4.78 is 0. The van der Waals surface area contributed by atoms with Gasteiger partial charge in [-0.05, 0) is 43.9 Å². The molecule has 2 fully saturated rings. The van der Waals surface area contributed by atoms with E-state index in [1.807, 2.05) is 0 Å². The average molecular weight is 225 g/mol. The normalized spacial score (nSPS) is 32.2. The number of aliphatic hydroxyl groups is 1. The minimum Gasteiger partial charge on any atom is -0.388 e. The first-order chi connectivity index (χ1) is 7.37. The van der Waals surface area contributed by atoms with Gasteiger partial charge < -0.3 is 10.8 Å². The topological polar surface area (TPSA) is 46.2 Å². The Morgan fingerprint density at radius 1 is 0.812 bits per heavy atom. The van der Waals surface area contributed by atoms with Crippen LogP contribution in [-0.4, -0.2) is 16.2 Å². The van der Waals surface area contributed by atoms with Crippen molar-refractivity contribution in [1.82, 2.24) is 0 Å². The first-order valence-corrected chi connectivity index (χ1v) is 6.88. The lowest BCUT2D eigenvalue weighted by molar-refractivity contribution is -0.0874. The summed E-state index contributed by atoms with van der Waals surface area (Å²) in [4.78, 5) is 0. The van der Waals surface area contributed by atoms with Crippen molar-refractivity contribution in [3.05, 3.63) is 0 Å². The van der Waals surface area contributed by atoms with E-state index < -0.39 is 5.60 Å². The van der Waals surface area contributed by atoms with E-state index >= 15 is 0 Å². The van der Waals surface area contributed by atoms with Gasteiger partial charge in [0.1, 0.15) is 0 Å². The SMILES string of the molecule is CC1(C)CCC(N)(C2(O)CCCCC2)CC1. The summed E-state index contributed by atoms with van der Waals surface area (Å²) in [6.07, 6.45) is 9.72. The largest absolute Gasteiger partial charge is 0.388 e. The second kappa shape index (κ2) is 3.99. The lowest BCUT2D eigenvalue weighted by atomic mass is 9.60. The van der Waals surface area contributed by atoms with Crippen molar-refractivity contribution >= 4 is 0 Å². The Balaban J connectivity index is 2.07. The van der Waals surface area contributed by atoms with Crippen molar-refractivity contribution in [2.45, 2.75) is 82.8 Å². The molecule has 94 valence electrons. The maximum absolute atomic E-state index is 10.8. The minimum absolute atomic E-state index is 0.303. The third-order valence-corrected chi connectivity index (χ3v) is 5.10. The molecule has 0 aromatic carbocycles. The number of hydrogen-bond acceptors (Lipinski definition) is 2. The smallest absolute Gasteiger partial charge is 0.0826 e. The van der Waals surface area contributed by atoms with Gasteiger partial charge in [-0.15, -0.1) is 0 Å². The van der Waals surface area contributed by atoms with Crippen LogP contribution < -0.4 is 5.73 Å². The van der Waals surface area contributed by atoms with Crippen LogP contribution in [0.1, 0.15) is 71.6 Å². The van der Waals surface area contributed by atoms with E-state index in [4.69, 9.17) is 5.73 Å². The summed E-state index contributed by atoms with van der Waals surface area (Å²) in [6.45, 7) is 4.63. The van der Waals surface area contributed by atoms with Gasteiger partial charge in [-0.2, -0.15) is 0 Å². The molecule has 0 spiro atoms. The molecule has 2 aliphatic carbocycles. The molecule has 0 amide bonds. The Hall–Kier alpha value is -0.0800. The van der Waals surface area contributed by atoms with Crippen LogP contribution in [0.3, 0.4) is 0 Å². The van der Waals surface area contributed by atoms with Crippen molar-refractivity contribution in [3.8, 4) is 0 Å². The summed E-state index contributed by atoms with van der Waals surface area (Å²) >= 11 is 0. The monoisotopic (exact) mass is 225 g/mol. The van der Waals surface area contributed by atoms with Gasteiger partial charge in [0.2, 0.25) is 0 Å². The molecule has 0 heterocycles. The van der Waals surface area contributed by atoms with E-state index in [0.717, 1.165) is 51.4 Å². The fraction of sp³-hybridized carbons (Fsp3) is 1.00. The van der Waals surface area contributed by atoms with Gasteiger partial charge >= 0.3 is 0 Å². The van der Waals surface area contributed by atoms with Crippen molar-refractivity contribution in [1.29, 1.82) is 0 Å². The predicted molar refractivity (Wildman–Crippen MR) is 67.2 cm³/mol. The van der Waals surface area contributed by atoms with Gasteiger partial charge in [-0.25, -0.2) is 0 Å². The molecule has 0 aliphatic heterocycles. The van der Waals surface area contributed by atoms with E-state index in [1.54, 1.807) is 0 Å². The molecular formula is C14H27NO. The molecule has 2 rings (SSSR count). The Bertz CT molecular complexity index is 243. The molecule has 16 heavy (non-hydrogen) atoms. The van der Waals surface area contributed by atoms with Gasteiger partial charge in [-0.1, -0.05) is 33.1 Å². The summed E-state index contributed by atoms with van der Waals surface area (Å²) in [6, 6.07) is 0. The fourth-order valence-corrected chi connectivity index (χ4v) is 3.47. The molecule has 0 aromatic heterocycles. The highest BCUT2D eigenvalue weighted by atomic mass is 16.3. The van der Waals surface area contributed by atoms with Crippen LogP contribution in [0.2, 0.25) is 0 Å². The summed E-state index contributed by atoms with van der Waals surface area (Å²) in [5.74, 6) is 0. The second-order valence-electron chi connectivity index (χ2n) is 6.91. The zero-order valence-corrected chi connectivity index (χ0v) is 10.9. The molecule has 2 heteroatoms. The maximum atomic E-state index is 10.8. The molecule has 3 N–H and O–H groups in total. The van der Waals surface area contributed by atoms with Crippen LogP contribution in [0, 0.1) is 5.41 Å². The second-order valence-corrected chi connectivity index (χ2v) is 6.91. The highest BCUT2D eigenvalue weighted by molar-refractivity contribution is 5.07.